The first-order valence-corrected chi connectivity index (χ1v) is 9.47. The van der Waals surface area contributed by atoms with Crippen LogP contribution in [-0.4, -0.2) is 50.1 Å². The van der Waals surface area contributed by atoms with Gasteiger partial charge in [0.1, 0.15) is 17.1 Å². The summed E-state index contributed by atoms with van der Waals surface area (Å²) in [4.78, 5) is 21.3. The van der Waals surface area contributed by atoms with E-state index in [-0.39, 0.29) is 11.7 Å². The van der Waals surface area contributed by atoms with Crippen molar-refractivity contribution in [3.05, 3.63) is 53.8 Å². The normalized spacial score (nSPS) is 11.1. The van der Waals surface area contributed by atoms with Gasteiger partial charge in [0, 0.05) is 12.1 Å². The first-order valence-electron chi connectivity index (χ1n) is 8.65. The number of methoxy groups -OCH3 is 1. The van der Waals surface area contributed by atoms with Crippen molar-refractivity contribution >= 4 is 32.6 Å². The van der Waals surface area contributed by atoms with Crippen LogP contribution in [0.4, 0.5) is 9.52 Å². The highest BCUT2D eigenvalue weighted by Gasteiger charge is 2.22. The number of rotatable bonds is 7. The molecule has 0 spiro atoms. The summed E-state index contributed by atoms with van der Waals surface area (Å²) in [5, 5.41) is 0.502. The Morgan fingerprint density at radius 2 is 1.96 bits per heavy atom. The number of fused-ring (bicyclic) bond motifs is 1. The number of aromatic nitrogens is 1. The van der Waals surface area contributed by atoms with Gasteiger partial charge < -0.3 is 9.64 Å². The van der Waals surface area contributed by atoms with Crippen molar-refractivity contribution in [1.82, 2.24) is 9.88 Å². The Balaban J connectivity index is 1.96. The molecule has 0 atom stereocenters. The predicted molar refractivity (Wildman–Crippen MR) is 107 cm³/mol. The quantitative estimate of drug-likeness (QED) is 0.614. The predicted octanol–water partition coefficient (Wildman–Crippen LogP) is 4.04. The molecule has 0 saturated heterocycles. The molecule has 0 aliphatic carbocycles. The summed E-state index contributed by atoms with van der Waals surface area (Å²) in [6.07, 6.45) is 0.779. The summed E-state index contributed by atoms with van der Waals surface area (Å²) in [5.74, 6) is 0.0635. The summed E-state index contributed by atoms with van der Waals surface area (Å²) in [7, 11) is 5.54. The van der Waals surface area contributed by atoms with Crippen LogP contribution in [-0.2, 0) is 0 Å². The van der Waals surface area contributed by atoms with Crippen LogP contribution in [0.25, 0.3) is 10.2 Å². The van der Waals surface area contributed by atoms with Gasteiger partial charge in [-0.1, -0.05) is 23.5 Å². The average Bonchev–Trinajstić information content (AvgIpc) is 3.10. The monoisotopic (exact) mass is 387 g/mol. The van der Waals surface area contributed by atoms with Gasteiger partial charge in [-0.2, -0.15) is 0 Å². The Morgan fingerprint density at radius 3 is 2.67 bits per heavy atom. The van der Waals surface area contributed by atoms with Crippen molar-refractivity contribution in [1.29, 1.82) is 0 Å². The van der Waals surface area contributed by atoms with Crippen molar-refractivity contribution in [2.75, 3.05) is 39.2 Å². The summed E-state index contributed by atoms with van der Waals surface area (Å²) in [6.45, 7) is 1.33. The highest BCUT2D eigenvalue weighted by molar-refractivity contribution is 7.22. The Hall–Kier alpha value is -2.51. The minimum absolute atomic E-state index is 0.174. The van der Waals surface area contributed by atoms with Crippen LogP contribution in [0.1, 0.15) is 16.8 Å². The maximum Gasteiger partial charge on any atom is 0.260 e. The Labute approximate surface area is 162 Å². The number of halogens is 1. The third kappa shape index (κ3) is 4.43. The van der Waals surface area contributed by atoms with Crippen LogP contribution in [0.3, 0.4) is 0 Å². The number of nitrogens with zero attached hydrogens (tertiary/aromatic N) is 3. The van der Waals surface area contributed by atoms with Crippen LogP contribution >= 0.6 is 11.3 Å². The molecule has 1 amide bonds. The number of thiazole rings is 1. The Kier molecular flexibility index (Phi) is 6.03. The van der Waals surface area contributed by atoms with E-state index in [1.165, 1.54) is 17.4 Å². The SMILES string of the molecule is COc1cccc(C(=O)N(CCCN(C)C)c2nc3c(F)cccc3s2)c1. The minimum atomic E-state index is -0.378. The van der Waals surface area contributed by atoms with E-state index in [9.17, 15) is 9.18 Å². The molecule has 1 heterocycles. The summed E-state index contributed by atoms with van der Waals surface area (Å²) in [5.41, 5.74) is 0.812. The van der Waals surface area contributed by atoms with E-state index in [4.69, 9.17) is 4.74 Å². The fourth-order valence-electron chi connectivity index (χ4n) is 2.76. The molecule has 2 aromatic carbocycles. The fourth-order valence-corrected chi connectivity index (χ4v) is 3.76. The molecule has 0 aliphatic heterocycles. The molecule has 142 valence electrons. The molecule has 0 bridgehead atoms. The summed E-state index contributed by atoms with van der Waals surface area (Å²) in [6, 6.07) is 11.9. The number of amides is 1. The van der Waals surface area contributed by atoms with Gasteiger partial charge in [-0.15, -0.1) is 0 Å². The largest absolute Gasteiger partial charge is 0.497 e. The molecule has 27 heavy (non-hydrogen) atoms. The molecule has 1 aromatic heterocycles. The zero-order valence-corrected chi connectivity index (χ0v) is 16.4. The van der Waals surface area contributed by atoms with Gasteiger partial charge in [0.2, 0.25) is 0 Å². The van der Waals surface area contributed by atoms with Gasteiger partial charge >= 0.3 is 0 Å². The van der Waals surface area contributed by atoms with E-state index in [1.54, 1.807) is 42.3 Å². The first kappa shape index (κ1) is 19.3. The molecule has 0 unspecified atom stereocenters. The van der Waals surface area contributed by atoms with Crippen molar-refractivity contribution < 1.29 is 13.9 Å². The van der Waals surface area contributed by atoms with Gasteiger partial charge in [0.15, 0.2) is 5.13 Å². The molecule has 0 radical (unpaired) electrons. The third-order valence-corrected chi connectivity index (χ3v) is 5.18. The van der Waals surface area contributed by atoms with Crippen molar-refractivity contribution in [3.63, 3.8) is 0 Å². The molecule has 0 saturated carbocycles. The molecule has 0 aliphatic rings. The Morgan fingerprint density at radius 1 is 1.19 bits per heavy atom. The van der Waals surface area contributed by atoms with Gasteiger partial charge in [0.05, 0.1) is 11.8 Å². The van der Waals surface area contributed by atoms with Crippen LogP contribution in [0.15, 0.2) is 42.5 Å². The number of anilines is 1. The molecule has 3 aromatic rings. The van der Waals surface area contributed by atoms with E-state index in [0.29, 0.717) is 28.5 Å². The molecular formula is C20H22FN3O2S. The van der Waals surface area contributed by atoms with E-state index in [2.05, 4.69) is 9.88 Å². The molecule has 7 heteroatoms. The number of ether oxygens (including phenoxy) is 1. The number of hydrogen-bond acceptors (Lipinski definition) is 5. The zero-order valence-electron chi connectivity index (χ0n) is 15.6. The lowest BCUT2D eigenvalue weighted by atomic mass is 10.2. The maximum absolute atomic E-state index is 14.1. The van der Waals surface area contributed by atoms with Gasteiger partial charge in [-0.3, -0.25) is 9.69 Å². The summed E-state index contributed by atoms with van der Waals surface area (Å²) >= 11 is 1.32. The highest BCUT2D eigenvalue weighted by atomic mass is 32.1. The lowest BCUT2D eigenvalue weighted by Gasteiger charge is -2.21. The van der Waals surface area contributed by atoms with Crippen LogP contribution in [0.5, 0.6) is 5.75 Å². The standard InChI is InChI=1S/C20H22FN3O2S/c1-23(2)11-6-12-24(19(25)14-7-4-8-15(13-14)26-3)20-22-18-16(21)9-5-10-17(18)27-20/h4-5,7-10,13H,6,11-12H2,1-3H3. The first-order chi connectivity index (χ1) is 13.0. The molecule has 0 N–H and O–H groups in total. The molecular weight excluding hydrogens is 365 g/mol. The van der Waals surface area contributed by atoms with E-state index < -0.39 is 0 Å². The average molecular weight is 387 g/mol. The number of carbonyl (C=O) groups excluding carboxylic acids is 1. The summed E-state index contributed by atoms with van der Waals surface area (Å²) < 4.78 is 20.0. The Bertz CT molecular complexity index is 942. The minimum Gasteiger partial charge on any atom is -0.497 e. The smallest absolute Gasteiger partial charge is 0.260 e. The molecule has 0 fully saturated rings. The van der Waals surface area contributed by atoms with Crippen LogP contribution in [0, 0.1) is 5.82 Å². The van der Waals surface area contributed by atoms with Crippen LogP contribution in [0.2, 0.25) is 0 Å². The molecule has 3 rings (SSSR count). The van der Waals surface area contributed by atoms with E-state index >= 15 is 0 Å². The van der Waals surface area contributed by atoms with E-state index in [1.807, 2.05) is 20.2 Å². The van der Waals surface area contributed by atoms with Crippen molar-refractivity contribution in [2.24, 2.45) is 0 Å². The molecule has 5 nitrogen and oxygen atoms in total. The maximum atomic E-state index is 14.1. The topological polar surface area (TPSA) is 45.7 Å². The third-order valence-electron chi connectivity index (χ3n) is 4.14. The highest BCUT2D eigenvalue weighted by Crippen LogP contribution is 2.31. The lowest BCUT2D eigenvalue weighted by molar-refractivity contribution is 0.0985. The van der Waals surface area contributed by atoms with Crippen LogP contribution < -0.4 is 9.64 Å². The number of benzene rings is 2. The van der Waals surface area contributed by atoms with Crippen molar-refractivity contribution in [3.8, 4) is 5.75 Å². The fraction of sp³-hybridized carbons (Fsp3) is 0.300. The number of hydrogen-bond donors (Lipinski definition) is 0. The van der Waals surface area contributed by atoms with Gasteiger partial charge in [0.25, 0.3) is 5.91 Å². The second kappa shape index (κ2) is 8.45. The number of para-hydroxylation sites is 1. The lowest BCUT2D eigenvalue weighted by Crippen LogP contribution is -2.33. The second-order valence-corrected chi connectivity index (χ2v) is 7.44. The second-order valence-electron chi connectivity index (χ2n) is 6.43. The van der Waals surface area contributed by atoms with Gasteiger partial charge in [-0.25, -0.2) is 9.37 Å². The zero-order chi connectivity index (χ0) is 19.4. The van der Waals surface area contributed by atoms with Gasteiger partial charge in [-0.05, 0) is 57.4 Å². The van der Waals surface area contributed by atoms with E-state index in [0.717, 1.165) is 17.7 Å². The van der Waals surface area contributed by atoms with Crippen molar-refractivity contribution in [2.45, 2.75) is 6.42 Å². The number of carbonyl (C=O) groups is 1.